The average Bonchev–Trinajstić information content (AvgIpc) is 2.52. The van der Waals surface area contributed by atoms with E-state index in [2.05, 4.69) is 0 Å². The van der Waals surface area contributed by atoms with Gasteiger partial charge in [0.05, 0.1) is 13.2 Å². The lowest BCUT2D eigenvalue weighted by Gasteiger charge is -2.39. The highest BCUT2D eigenvalue weighted by molar-refractivity contribution is 5.17. The highest BCUT2D eigenvalue weighted by atomic mass is 16.7. The second-order valence-corrected chi connectivity index (χ2v) is 4.96. The van der Waals surface area contributed by atoms with E-state index in [1.165, 1.54) is 0 Å². The molecule has 118 valence electrons. The third-order valence-corrected chi connectivity index (χ3v) is 3.45. The van der Waals surface area contributed by atoms with Gasteiger partial charge in [0.25, 0.3) is 0 Å². The maximum absolute atomic E-state index is 9.95. The Morgan fingerprint density at radius 2 is 1.71 bits per heavy atom. The highest BCUT2D eigenvalue weighted by Crippen LogP contribution is 2.23. The molecule has 5 N–H and O–H groups in total. The first kappa shape index (κ1) is 16.3. The van der Waals surface area contributed by atoms with E-state index in [0.29, 0.717) is 5.56 Å². The topological polar surface area (TPSA) is 120 Å². The molecule has 1 aromatic rings. The zero-order valence-electron chi connectivity index (χ0n) is 11.3. The Morgan fingerprint density at radius 1 is 1.05 bits per heavy atom. The number of aliphatic hydroxyl groups excluding tert-OH is 5. The molecule has 6 atom stereocenters. The van der Waals surface area contributed by atoms with Crippen LogP contribution >= 0.6 is 0 Å². The van der Waals surface area contributed by atoms with Crippen molar-refractivity contribution in [1.29, 1.82) is 0 Å². The zero-order chi connectivity index (χ0) is 15.4. The molecule has 1 fully saturated rings. The molecule has 0 spiro atoms. The van der Waals surface area contributed by atoms with Crippen molar-refractivity contribution in [1.82, 2.24) is 0 Å². The molecule has 2 rings (SSSR count). The molecule has 0 aromatic heterocycles. The van der Waals surface area contributed by atoms with Gasteiger partial charge >= 0.3 is 0 Å². The third-order valence-electron chi connectivity index (χ3n) is 3.45. The van der Waals surface area contributed by atoms with Crippen LogP contribution in [0, 0.1) is 0 Å². The van der Waals surface area contributed by atoms with E-state index in [1.54, 1.807) is 24.3 Å². The van der Waals surface area contributed by atoms with Crippen LogP contribution in [0.4, 0.5) is 0 Å². The third kappa shape index (κ3) is 3.78. The van der Waals surface area contributed by atoms with Gasteiger partial charge in [0.2, 0.25) is 0 Å². The van der Waals surface area contributed by atoms with Crippen molar-refractivity contribution in [3.63, 3.8) is 0 Å². The number of rotatable bonds is 5. The molecule has 0 radical (unpaired) electrons. The Hall–Kier alpha value is -1.06. The molecule has 21 heavy (non-hydrogen) atoms. The fraction of sp³-hybridized carbons (Fsp3) is 0.571. The smallest absolute Gasteiger partial charge is 0.186 e. The predicted octanol–water partition coefficient (Wildman–Crippen LogP) is -1.46. The lowest BCUT2D eigenvalue weighted by molar-refractivity contribution is -0.304. The van der Waals surface area contributed by atoms with Crippen LogP contribution in [0.2, 0.25) is 0 Å². The largest absolute Gasteiger partial charge is 0.394 e. The summed E-state index contributed by atoms with van der Waals surface area (Å²) in [4.78, 5) is 0. The van der Waals surface area contributed by atoms with Gasteiger partial charge in [-0.1, -0.05) is 30.3 Å². The van der Waals surface area contributed by atoms with E-state index in [-0.39, 0.29) is 6.61 Å². The van der Waals surface area contributed by atoms with Gasteiger partial charge in [0.1, 0.15) is 30.5 Å². The van der Waals surface area contributed by atoms with Gasteiger partial charge in [-0.25, -0.2) is 0 Å². The van der Waals surface area contributed by atoms with Crippen LogP contribution in [0.15, 0.2) is 30.3 Å². The van der Waals surface area contributed by atoms with Gasteiger partial charge in [-0.15, -0.1) is 0 Å². The van der Waals surface area contributed by atoms with Crippen molar-refractivity contribution in [2.45, 2.75) is 36.8 Å². The maximum Gasteiger partial charge on any atom is 0.186 e. The predicted molar refractivity (Wildman–Crippen MR) is 71.1 cm³/mol. The van der Waals surface area contributed by atoms with Crippen LogP contribution in [0.1, 0.15) is 11.7 Å². The van der Waals surface area contributed by atoms with Crippen molar-refractivity contribution < 1.29 is 35.0 Å². The first-order chi connectivity index (χ1) is 10.0. The van der Waals surface area contributed by atoms with Gasteiger partial charge in [-0.05, 0) is 5.56 Å². The minimum absolute atomic E-state index is 0.160. The highest BCUT2D eigenvalue weighted by Gasteiger charge is 2.44. The zero-order valence-corrected chi connectivity index (χ0v) is 11.3. The molecule has 0 amide bonds. The van der Waals surface area contributed by atoms with Gasteiger partial charge in [0.15, 0.2) is 6.29 Å². The summed E-state index contributed by atoms with van der Waals surface area (Å²) < 4.78 is 10.4. The second-order valence-electron chi connectivity index (χ2n) is 4.96. The summed E-state index contributed by atoms with van der Waals surface area (Å²) in [5, 5.41) is 48.0. The molecular formula is C14H20O7. The molecule has 1 aromatic carbocycles. The summed E-state index contributed by atoms with van der Waals surface area (Å²) in [5.74, 6) is 0. The fourth-order valence-electron chi connectivity index (χ4n) is 2.16. The first-order valence-electron chi connectivity index (χ1n) is 6.69. The van der Waals surface area contributed by atoms with Gasteiger partial charge in [0, 0.05) is 0 Å². The Bertz CT molecular complexity index is 425. The van der Waals surface area contributed by atoms with E-state index in [0.717, 1.165) is 0 Å². The first-order valence-corrected chi connectivity index (χ1v) is 6.69. The lowest BCUT2D eigenvalue weighted by atomic mass is 9.99. The van der Waals surface area contributed by atoms with E-state index in [4.69, 9.17) is 14.6 Å². The SMILES string of the molecule is OCC1OC(OCC(O)c2ccccc2)C(O)C(O)C1O. The summed E-state index contributed by atoms with van der Waals surface area (Å²) in [6.07, 6.45) is -7.57. The van der Waals surface area contributed by atoms with E-state index in [9.17, 15) is 20.4 Å². The minimum atomic E-state index is -1.49. The van der Waals surface area contributed by atoms with Crippen molar-refractivity contribution in [2.75, 3.05) is 13.2 Å². The average molecular weight is 300 g/mol. The van der Waals surface area contributed by atoms with Crippen molar-refractivity contribution in [2.24, 2.45) is 0 Å². The van der Waals surface area contributed by atoms with E-state index < -0.39 is 43.4 Å². The fourth-order valence-corrected chi connectivity index (χ4v) is 2.16. The van der Waals surface area contributed by atoms with Crippen LogP contribution in [0.25, 0.3) is 0 Å². The quantitative estimate of drug-likeness (QED) is 0.450. The van der Waals surface area contributed by atoms with Crippen LogP contribution in [0.3, 0.4) is 0 Å². The standard InChI is InChI=1S/C14H20O7/c15-6-10-11(17)12(18)13(19)14(21-10)20-7-9(16)8-4-2-1-3-5-8/h1-5,9-19H,6-7H2. The van der Waals surface area contributed by atoms with Crippen LogP contribution in [-0.4, -0.2) is 69.5 Å². The molecule has 1 aliphatic heterocycles. The number of ether oxygens (including phenoxy) is 2. The molecule has 1 aliphatic rings. The number of hydrogen-bond donors (Lipinski definition) is 5. The second kappa shape index (κ2) is 7.28. The molecule has 7 nitrogen and oxygen atoms in total. The summed E-state index contributed by atoms with van der Waals surface area (Å²) in [6, 6.07) is 8.80. The van der Waals surface area contributed by atoms with Crippen molar-refractivity contribution >= 4 is 0 Å². The van der Waals surface area contributed by atoms with Crippen LogP contribution in [-0.2, 0) is 9.47 Å². The normalized spacial score (nSPS) is 34.6. The number of hydrogen-bond acceptors (Lipinski definition) is 7. The maximum atomic E-state index is 9.95. The Balaban J connectivity index is 1.93. The number of aliphatic hydroxyl groups is 5. The van der Waals surface area contributed by atoms with Crippen LogP contribution in [0.5, 0.6) is 0 Å². The summed E-state index contributed by atoms with van der Waals surface area (Å²) in [5.41, 5.74) is 0.641. The van der Waals surface area contributed by atoms with Crippen molar-refractivity contribution in [3.05, 3.63) is 35.9 Å². The van der Waals surface area contributed by atoms with Crippen LogP contribution < -0.4 is 0 Å². The molecule has 1 saturated heterocycles. The van der Waals surface area contributed by atoms with Gasteiger partial charge < -0.3 is 35.0 Å². The van der Waals surface area contributed by atoms with E-state index in [1.807, 2.05) is 6.07 Å². The Labute approximate surface area is 122 Å². The Morgan fingerprint density at radius 3 is 2.33 bits per heavy atom. The van der Waals surface area contributed by atoms with Crippen molar-refractivity contribution in [3.8, 4) is 0 Å². The molecule has 7 heteroatoms. The molecule has 0 aliphatic carbocycles. The summed E-state index contributed by atoms with van der Waals surface area (Å²) in [7, 11) is 0. The molecule has 1 heterocycles. The minimum Gasteiger partial charge on any atom is -0.394 e. The number of benzene rings is 1. The lowest BCUT2D eigenvalue weighted by Crippen LogP contribution is -2.59. The van der Waals surface area contributed by atoms with Gasteiger partial charge in [-0.3, -0.25) is 0 Å². The summed E-state index contributed by atoms with van der Waals surface area (Å²) in [6.45, 7) is -0.682. The molecule has 0 saturated carbocycles. The van der Waals surface area contributed by atoms with Gasteiger partial charge in [-0.2, -0.15) is 0 Å². The monoisotopic (exact) mass is 300 g/mol. The Kier molecular flexibility index (Phi) is 5.65. The molecular weight excluding hydrogens is 280 g/mol. The molecule has 0 bridgehead atoms. The van der Waals surface area contributed by atoms with E-state index >= 15 is 0 Å². The molecule has 6 unspecified atom stereocenters. The summed E-state index contributed by atoms with van der Waals surface area (Å²) >= 11 is 0.